The van der Waals surface area contributed by atoms with Gasteiger partial charge >= 0.3 is 7.12 Å². The SMILES string of the molecule is Cc1ccccc1-c1cc2nc(B3OC(C)(C)C(C)(C)O3)c3ccccc3c2cc1C. The highest BCUT2D eigenvalue weighted by Gasteiger charge is 2.52. The molecule has 4 heteroatoms. The number of pyridine rings is 1. The summed E-state index contributed by atoms with van der Waals surface area (Å²) in [6.45, 7) is 12.7. The average Bonchev–Trinajstić information content (AvgIpc) is 2.95. The van der Waals surface area contributed by atoms with Crippen molar-refractivity contribution in [1.82, 2.24) is 4.98 Å². The van der Waals surface area contributed by atoms with Gasteiger partial charge < -0.3 is 9.31 Å². The van der Waals surface area contributed by atoms with Crippen molar-refractivity contribution in [3.05, 3.63) is 71.8 Å². The van der Waals surface area contributed by atoms with Gasteiger partial charge in [-0.2, -0.15) is 0 Å². The summed E-state index contributed by atoms with van der Waals surface area (Å²) in [5, 5.41) is 3.42. The van der Waals surface area contributed by atoms with Crippen LogP contribution in [0.1, 0.15) is 38.8 Å². The molecule has 0 amide bonds. The van der Waals surface area contributed by atoms with Crippen molar-refractivity contribution in [2.24, 2.45) is 0 Å². The van der Waals surface area contributed by atoms with Gasteiger partial charge in [0.25, 0.3) is 0 Å². The smallest absolute Gasteiger partial charge is 0.398 e. The second kappa shape index (κ2) is 6.91. The number of aryl methyl sites for hydroxylation is 2. The molecule has 1 aliphatic rings. The van der Waals surface area contributed by atoms with Gasteiger partial charge in [0.15, 0.2) is 0 Å². The molecular weight excluding hydrogens is 381 g/mol. The van der Waals surface area contributed by atoms with Crippen molar-refractivity contribution in [2.45, 2.75) is 52.7 Å². The van der Waals surface area contributed by atoms with Crippen LogP contribution in [0.3, 0.4) is 0 Å². The molecule has 3 nitrogen and oxygen atoms in total. The second-order valence-electron chi connectivity index (χ2n) is 9.63. The lowest BCUT2D eigenvalue weighted by Crippen LogP contribution is -2.41. The highest BCUT2D eigenvalue weighted by Crippen LogP contribution is 2.38. The molecule has 2 heterocycles. The first-order chi connectivity index (χ1) is 14.7. The lowest BCUT2D eigenvalue weighted by atomic mass is 9.80. The third-order valence-corrected chi connectivity index (χ3v) is 6.99. The van der Waals surface area contributed by atoms with Crippen LogP contribution in [0, 0.1) is 13.8 Å². The minimum atomic E-state index is -0.498. The molecule has 3 aromatic carbocycles. The fraction of sp³-hybridized carbons (Fsp3) is 0.296. The Balaban J connectivity index is 1.77. The zero-order valence-electron chi connectivity index (χ0n) is 19.1. The van der Waals surface area contributed by atoms with E-state index in [9.17, 15) is 0 Å². The minimum absolute atomic E-state index is 0.408. The van der Waals surface area contributed by atoms with E-state index in [1.165, 1.54) is 27.6 Å². The minimum Gasteiger partial charge on any atom is -0.398 e. The number of aromatic nitrogens is 1. The monoisotopic (exact) mass is 409 g/mol. The molecule has 1 aliphatic heterocycles. The second-order valence-corrected chi connectivity index (χ2v) is 9.63. The molecule has 1 saturated heterocycles. The van der Waals surface area contributed by atoms with E-state index in [0.29, 0.717) is 0 Å². The Labute approximate surface area is 184 Å². The molecule has 4 aromatic rings. The summed E-state index contributed by atoms with van der Waals surface area (Å²) >= 11 is 0. The van der Waals surface area contributed by atoms with Crippen molar-refractivity contribution in [2.75, 3.05) is 0 Å². The van der Waals surface area contributed by atoms with Gasteiger partial charge in [-0.15, -0.1) is 0 Å². The lowest BCUT2D eigenvalue weighted by molar-refractivity contribution is 0.00578. The maximum Gasteiger partial charge on any atom is 0.515 e. The first-order valence-corrected chi connectivity index (χ1v) is 10.9. The van der Waals surface area contributed by atoms with E-state index >= 15 is 0 Å². The van der Waals surface area contributed by atoms with Crippen molar-refractivity contribution in [3.63, 3.8) is 0 Å². The predicted molar refractivity (Wildman–Crippen MR) is 130 cm³/mol. The number of hydrogen-bond acceptors (Lipinski definition) is 3. The molecule has 1 aromatic heterocycles. The van der Waals surface area contributed by atoms with Crippen LogP contribution in [0.15, 0.2) is 60.7 Å². The molecule has 0 spiro atoms. The standard InChI is InChI=1S/C27H28BNO2/c1-17-11-7-8-12-19(17)22-16-24-23(15-18(22)2)20-13-9-10-14-21(20)25(29-24)28-30-26(3,4)27(5,6)31-28/h7-16H,1-6H3. The fourth-order valence-electron chi connectivity index (χ4n) is 4.44. The largest absolute Gasteiger partial charge is 0.515 e. The maximum absolute atomic E-state index is 6.38. The first kappa shape index (κ1) is 20.2. The van der Waals surface area contributed by atoms with E-state index in [1.54, 1.807) is 0 Å². The van der Waals surface area contributed by atoms with Crippen molar-refractivity contribution in [1.29, 1.82) is 0 Å². The topological polar surface area (TPSA) is 31.4 Å². The summed E-state index contributed by atoms with van der Waals surface area (Å²) in [5.74, 6) is 0. The molecule has 31 heavy (non-hydrogen) atoms. The van der Waals surface area contributed by atoms with Crippen LogP contribution in [0.5, 0.6) is 0 Å². The Kier molecular flexibility index (Phi) is 4.51. The number of nitrogens with zero attached hydrogens (tertiary/aromatic N) is 1. The van der Waals surface area contributed by atoms with Gasteiger partial charge in [-0.25, -0.2) is 0 Å². The molecule has 0 aliphatic carbocycles. The molecule has 0 saturated carbocycles. The predicted octanol–water partition coefficient (Wildman–Crippen LogP) is 5.97. The third kappa shape index (κ3) is 3.17. The number of rotatable bonds is 2. The number of benzene rings is 3. The molecule has 0 atom stereocenters. The molecule has 5 rings (SSSR count). The van der Waals surface area contributed by atoms with Crippen molar-refractivity contribution >= 4 is 34.4 Å². The van der Waals surface area contributed by atoms with Crippen LogP contribution in [-0.2, 0) is 9.31 Å². The van der Waals surface area contributed by atoms with Crippen LogP contribution in [0.25, 0.3) is 32.8 Å². The van der Waals surface area contributed by atoms with Crippen molar-refractivity contribution in [3.8, 4) is 11.1 Å². The molecule has 0 N–H and O–H groups in total. The van der Waals surface area contributed by atoms with Crippen LogP contribution < -0.4 is 5.59 Å². The normalized spacial score (nSPS) is 17.5. The van der Waals surface area contributed by atoms with Crippen LogP contribution in [-0.4, -0.2) is 23.3 Å². The van der Waals surface area contributed by atoms with Gasteiger partial charge in [0.05, 0.1) is 22.3 Å². The molecule has 156 valence electrons. The van der Waals surface area contributed by atoms with E-state index in [4.69, 9.17) is 14.3 Å². The Morgan fingerprint density at radius 3 is 1.97 bits per heavy atom. The molecular formula is C27H28BNO2. The van der Waals surface area contributed by atoms with E-state index in [0.717, 1.165) is 21.9 Å². The zero-order chi connectivity index (χ0) is 22.0. The molecule has 1 fully saturated rings. The Morgan fingerprint density at radius 2 is 1.29 bits per heavy atom. The summed E-state index contributed by atoms with van der Waals surface area (Å²) in [7, 11) is -0.498. The van der Waals surface area contributed by atoms with Gasteiger partial charge in [0.1, 0.15) is 0 Å². The highest BCUT2D eigenvalue weighted by atomic mass is 16.7. The molecule has 0 bridgehead atoms. The average molecular weight is 409 g/mol. The van der Waals surface area contributed by atoms with Crippen LogP contribution in [0.2, 0.25) is 0 Å². The first-order valence-electron chi connectivity index (χ1n) is 10.9. The van der Waals surface area contributed by atoms with Gasteiger partial charge in [0, 0.05) is 10.8 Å². The highest BCUT2D eigenvalue weighted by molar-refractivity contribution is 6.64. The summed E-state index contributed by atoms with van der Waals surface area (Å²) in [5.41, 5.74) is 5.97. The Morgan fingerprint density at radius 1 is 0.677 bits per heavy atom. The Hall–Kier alpha value is -2.69. The lowest BCUT2D eigenvalue weighted by Gasteiger charge is -2.32. The number of hydrogen-bond donors (Lipinski definition) is 0. The van der Waals surface area contributed by atoms with Gasteiger partial charge in [0.2, 0.25) is 0 Å². The van der Waals surface area contributed by atoms with E-state index in [-0.39, 0.29) is 0 Å². The van der Waals surface area contributed by atoms with Crippen molar-refractivity contribution < 1.29 is 9.31 Å². The summed E-state index contributed by atoms with van der Waals surface area (Å²) in [6.07, 6.45) is 0. The quantitative estimate of drug-likeness (QED) is 0.302. The Bertz CT molecular complexity index is 1310. The van der Waals surface area contributed by atoms with E-state index < -0.39 is 18.3 Å². The fourth-order valence-corrected chi connectivity index (χ4v) is 4.44. The molecule has 0 unspecified atom stereocenters. The van der Waals surface area contributed by atoms with Crippen LogP contribution in [0.4, 0.5) is 0 Å². The maximum atomic E-state index is 6.38. The van der Waals surface area contributed by atoms with Gasteiger partial charge in [-0.05, 0) is 81.3 Å². The van der Waals surface area contributed by atoms with E-state index in [2.05, 4.69) is 102 Å². The van der Waals surface area contributed by atoms with Crippen LogP contribution >= 0.6 is 0 Å². The molecule has 0 radical (unpaired) electrons. The summed E-state index contributed by atoms with van der Waals surface area (Å²) in [4.78, 5) is 5.12. The van der Waals surface area contributed by atoms with Gasteiger partial charge in [-0.3, -0.25) is 4.98 Å². The summed E-state index contributed by atoms with van der Waals surface area (Å²) < 4.78 is 12.8. The third-order valence-electron chi connectivity index (χ3n) is 6.99. The van der Waals surface area contributed by atoms with E-state index in [1.807, 2.05) is 0 Å². The van der Waals surface area contributed by atoms with Gasteiger partial charge in [-0.1, -0.05) is 48.5 Å². The number of fused-ring (bicyclic) bond motifs is 3. The zero-order valence-corrected chi connectivity index (χ0v) is 19.1. The summed E-state index contributed by atoms with van der Waals surface area (Å²) in [6, 6.07) is 21.4.